The van der Waals surface area contributed by atoms with E-state index in [4.69, 9.17) is 34.8 Å². The topological polar surface area (TPSA) is 17.1 Å². The monoisotopic (exact) mass is 424 g/mol. The molecule has 0 bridgehead atoms. The van der Waals surface area contributed by atoms with Gasteiger partial charge in [0.25, 0.3) is 0 Å². The van der Waals surface area contributed by atoms with E-state index in [0.29, 0.717) is 26.2 Å². The van der Waals surface area contributed by atoms with Gasteiger partial charge in [-0.3, -0.25) is 4.79 Å². The summed E-state index contributed by atoms with van der Waals surface area (Å²) in [7, 11) is 0. The van der Waals surface area contributed by atoms with Crippen molar-refractivity contribution >= 4 is 63.2 Å². The van der Waals surface area contributed by atoms with Crippen molar-refractivity contribution in [1.29, 1.82) is 0 Å². The largest absolute Gasteiger partial charge is 0.294 e. The maximum Gasteiger partial charge on any atom is 0.167 e. The molecule has 2 aromatic rings. The van der Waals surface area contributed by atoms with Gasteiger partial charge in [-0.1, -0.05) is 40.9 Å². The maximum atomic E-state index is 12.2. The van der Waals surface area contributed by atoms with Crippen molar-refractivity contribution in [3.05, 3.63) is 66.2 Å². The van der Waals surface area contributed by atoms with Gasteiger partial charge in [0, 0.05) is 25.6 Å². The van der Waals surface area contributed by atoms with Crippen LogP contribution in [0, 0.1) is 3.57 Å². The third-order valence-corrected chi connectivity index (χ3v) is 4.78. The molecule has 19 heavy (non-hydrogen) atoms. The summed E-state index contributed by atoms with van der Waals surface area (Å²) >= 11 is 20.1. The molecule has 0 fully saturated rings. The Morgan fingerprint density at radius 3 is 2.42 bits per heavy atom. The molecule has 0 aliphatic rings. The highest BCUT2D eigenvalue weighted by molar-refractivity contribution is 14.1. The molecule has 98 valence electrons. The quantitative estimate of drug-likeness (QED) is 0.457. The minimum absolute atomic E-state index is 0.0394. The zero-order valence-corrected chi connectivity index (χ0v) is 14.0. The van der Waals surface area contributed by atoms with Crippen LogP contribution in [0.2, 0.25) is 15.1 Å². The van der Waals surface area contributed by atoms with Crippen LogP contribution in [0.25, 0.3) is 0 Å². The Morgan fingerprint density at radius 2 is 1.74 bits per heavy atom. The molecule has 2 aromatic carbocycles. The van der Waals surface area contributed by atoms with E-state index in [1.165, 1.54) is 0 Å². The Balaban J connectivity index is 2.25. The van der Waals surface area contributed by atoms with Crippen LogP contribution in [-0.2, 0) is 6.42 Å². The third-order valence-electron chi connectivity index (χ3n) is 2.60. The van der Waals surface area contributed by atoms with Gasteiger partial charge in [0.15, 0.2) is 5.78 Å². The fourth-order valence-electron chi connectivity index (χ4n) is 1.62. The summed E-state index contributed by atoms with van der Waals surface area (Å²) in [4.78, 5) is 12.2. The summed E-state index contributed by atoms with van der Waals surface area (Å²) in [5.74, 6) is -0.0394. The van der Waals surface area contributed by atoms with Gasteiger partial charge < -0.3 is 0 Å². The van der Waals surface area contributed by atoms with Crippen molar-refractivity contribution in [2.45, 2.75) is 6.42 Å². The number of halogens is 4. The summed E-state index contributed by atoms with van der Waals surface area (Å²) in [5, 5.41) is 1.67. The zero-order chi connectivity index (χ0) is 14.0. The minimum atomic E-state index is -0.0394. The van der Waals surface area contributed by atoms with Crippen LogP contribution in [0.3, 0.4) is 0 Å². The number of ketones is 1. The smallest absolute Gasteiger partial charge is 0.167 e. The molecular weight excluding hydrogens is 417 g/mol. The third kappa shape index (κ3) is 3.85. The fraction of sp³-hybridized carbons (Fsp3) is 0.0714. The van der Waals surface area contributed by atoms with Gasteiger partial charge in [-0.25, -0.2) is 0 Å². The van der Waals surface area contributed by atoms with Crippen molar-refractivity contribution in [3.8, 4) is 0 Å². The van der Waals surface area contributed by atoms with Crippen molar-refractivity contribution in [2.24, 2.45) is 0 Å². The molecule has 0 N–H and O–H groups in total. The van der Waals surface area contributed by atoms with Crippen LogP contribution in [-0.4, -0.2) is 5.78 Å². The van der Waals surface area contributed by atoms with Crippen LogP contribution >= 0.6 is 57.4 Å². The molecule has 0 aromatic heterocycles. The predicted octanol–water partition coefficient (Wildman–Crippen LogP) is 5.68. The molecule has 0 unspecified atom stereocenters. The Kier molecular flexibility index (Phi) is 5.12. The molecule has 0 amide bonds. The number of benzene rings is 2. The summed E-state index contributed by atoms with van der Waals surface area (Å²) in [6, 6.07) is 10.3. The van der Waals surface area contributed by atoms with Gasteiger partial charge in [-0.15, -0.1) is 0 Å². The van der Waals surface area contributed by atoms with E-state index in [2.05, 4.69) is 22.6 Å². The first-order valence-electron chi connectivity index (χ1n) is 5.39. The normalized spacial score (nSPS) is 10.5. The second kappa shape index (κ2) is 6.44. The van der Waals surface area contributed by atoms with E-state index in [9.17, 15) is 4.79 Å². The summed E-state index contributed by atoms with van der Waals surface area (Å²) in [6.07, 6.45) is 0.205. The average Bonchev–Trinajstić information content (AvgIpc) is 2.37. The lowest BCUT2D eigenvalue weighted by Gasteiger charge is -2.06. The second-order valence-electron chi connectivity index (χ2n) is 3.96. The molecular formula is C14H8Cl3IO. The Morgan fingerprint density at radius 1 is 1.00 bits per heavy atom. The SMILES string of the molecule is O=C(Cc1cc(Cl)ccc1Cl)c1ccc(I)c(Cl)c1. The van der Waals surface area contributed by atoms with Gasteiger partial charge >= 0.3 is 0 Å². The van der Waals surface area contributed by atoms with Crippen LogP contribution in [0.5, 0.6) is 0 Å². The lowest BCUT2D eigenvalue weighted by atomic mass is 10.0. The number of rotatable bonds is 3. The molecule has 0 aliphatic heterocycles. The van der Waals surface area contributed by atoms with Gasteiger partial charge in [0.2, 0.25) is 0 Å². The lowest BCUT2D eigenvalue weighted by molar-refractivity contribution is 0.0993. The Bertz CT molecular complexity index is 641. The highest BCUT2D eigenvalue weighted by atomic mass is 127. The van der Waals surface area contributed by atoms with E-state index >= 15 is 0 Å². The van der Waals surface area contributed by atoms with Crippen molar-refractivity contribution in [2.75, 3.05) is 0 Å². The molecule has 1 nitrogen and oxygen atoms in total. The van der Waals surface area contributed by atoms with E-state index in [0.717, 1.165) is 3.57 Å². The maximum absolute atomic E-state index is 12.2. The lowest BCUT2D eigenvalue weighted by Crippen LogP contribution is -2.04. The standard InChI is InChI=1S/C14H8Cl3IO/c15-10-2-3-11(16)9(5-10)7-14(19)8-1-4-13(18)12(17)6-8/h1-6H,7H2. The molecule has 2 rings (SSSR count). The van der Waals surface area contributed by atoms with Gasteiger partial charge in [0.1, 0.15) is 0 Å². The summed E-state index contributed by atoms with van der Waals surface area (Å²) < 4.78 is 0.914. The predicted molar refractivity (Wildman–Crippen MR) is 88.7 cm³/mol. The number of carbonyl (C=O) groups excluding carboxylic acids is 1. The first kappa shape index (κ1) is 15.1. The Hall–Kier alpha value is -0.290. The summed E-state index contributed by atoms with van der Waals surface area (Å²) in [5.41, 5.74) is 1.29. The van der Waals surface area contributed by atoms with Gasteiger partial charge in [-0.05, 0) is 58.5 Å². The van der Waals surface area contributed by atoms with E-state index < -0.39 is 0 Å². The number of hydrogen-bond donors (Lipinski definition) is 0. The first-order valence-corrected chi connectivity index (χ1v) is 7.61. The second-order valence-corrected chi connectivity index (χ2v) is 6.38. The van der Waals surface area contributed by atoms with Crippen molar-refractivity contribution in [1.82, 2.24) is 0 Å². The minimum Gasteiger partial charge on any atom is -0.294 e. The molecule has 0 radical (unpaired) electrons. The molecule has 5 heteroatoms. The van der Waals surface area contributed by atoms with E-state index in [1.807, 2.05) is 6.07 Å². The molecule has 0 aliphatic carbocycles. The van der Waals surface area contributed by atoms with Crippen LogP contribution < -0.4 is 0 Å². The van der Waals surface area contributed by atoms with Gasteiger partial charge in [-0.2, -0.15) is 0 Å². The molecule has 0 spiro atoms. The summed E-state index contributed by atoms with van der Waals surface area (Å²) in [6.45, 7) is 0. The van der Waals surface area contributed by atoms with E-state index in [-0.39, 0.29) is 12.2 Å². The van der Waals surface area contributed by atoms with Gasteiger partial charge in [0.05, 0.1) is 5.02 Å². The number of hydrogen-bond acceptors (Lipinski definition) is 1. The highest BCUT2D eigenvalue weighted by Crippen LogP contribution is 2.24. The van der Waals surface area contributed by atoms with Crippen molar-refractivity contribution < 1.29 is 4.79 Å². The first-order chi connectivity index (χ1) is 8.97. The molecule has 0 atom stereocenters. The van der Waals surface area contributed by atoms with Crippen molar-refractivity contribution in [3.63, 3.8) is 0 Å². The zero-order valence-electron chi connectivity index (χ0n) is 9.59. The van der Waals surface area contributed by atoms with Crippen LogP contribution in [0.15, 0.2) is 36.4 Å². The number of carbonyl (C=O) groups is 1. The average molecular weight is 425 g/mol. The fourth-order valence-corrected chi connectivity index (χ4v) is 2.52. The molecule has 0 saturated heterocycles. The Labute approximate surface area is 140 Å². The highest BCUT2D eigenvalue weighted by Gasteiger charge is 2.11. The number of Topliss-reactive ketones (excluding diaryl/α,β-unsaturated/α-hetero) is 1. The van der Waals surface area contributed by atoms with Crippen LogP contribution in [0.4, 0.5) is 0 Å². The molecule has 0 heterocycles. The van der Waals surface area contributed by atoms with E-state index in [1.54, 1.807) is 30.3 Å². The molecule has 0 saturated carbocycles. The van der Waals surface area contributed by atoms with Crippen LogP contribution in [0.1, 0.15) is 15.9 Å².